The predicted molar refractivity (Wildman–Crippen MR) is 57.3 cm³/mol. The van der Waals surface area contributed by atoms with Gasteiger partial charge in [-0.05, 0) is 25.7 Å². The van der Waals surface area contributed by atoms with E-state index in [2.05, 4.69) is 0 Å². The van der Waals surface area contributed by atoms with Gasteiger partial charge in [-0.3, -0.25) is 9.59 Å². The molecule has 1 saturated carbocycles. The third kappa shape index (κ3) is 2.39. The van der Waals surface area contributed by atoms with E-state index in [4.69, 9.17) is 4.74 Å². The maximum atomic E-state index is 12.1. The summed E-state index contributed by atoms with van der Waals surface area (Å²) in [6.07, 6.45) is 1.78. The van der Waals surface area contributed by atoms with Gasteiger partial charge < -0.3 is 4.74 Å². The molecular weight excluding hydrogens is 192 g/mol. The fourth-order valence-corrected chi connectivity index (χ4v) is 2.13. The number of rotatable bonds is 2. The molecule has 0 radical (unpaired) electrons. The molecular formula is C12H20O3. The summed E-state index contributed by atoms with van der Waals surface area (Å²) in [5.74, 6) is -0.735. The molecule has 1 aliphatic carbocycles. The van der Waals surface area contributed by atoms with E-state index in [0.29, 0.717) is 6.61 Å². The van der Waals surface area contributed by atoms with Crippen molar-refractivity contribution in [1.82, 2.24) is 0 Å². The SMILES string of the molecule is CCOC(=O)C1C(=O)C(C)(C)CCC1C. The second-order valence-corrected chi connectivity index (χ2v) is 4.99. The molecule has 0 N–H and O–H groups in total. The molecule has 0 aromatic heterocycles. The number of ether oxygens (including phenoxy) is 1. The topological polar surface area (TPSA) is 43.4 Å². The summed E-state index contributed by atoms with van der Waals surface area (Å²) in [5.41, 5.74) is -0.371. The Bertz CT molecular complexity index is 268. The van der Waals surface area contributed by atoms with E-state index in [1.807, 2.05) is 20.8 Å². The second-order valence-electron chi connectivity index (χ2n) is 4.99. The molecule has 3 heteroatoms. The molecule has 0 saturated heterocycles. The van der Waals surface area contributed by atoms with Crippen LogP contribution in [0.2, 0.25) is 0 Å². The molecule has 86 valence electrons. The van der Waals surface area contributed by atoms with Gasteiger partial charge in [0.1, 0.15) is 5.92 Å². The Balaban J connectivity index is 2.84. The fourth-order valence-electron chi connectivity index (χ4n) is 2.13. The van der Waals surface area contributed by atoms with Crippen molar-refractivity contribution in [3.8, 4) is 0 Å². The van der Waals surface area contributed by atoms with Crippen molar-refractivity contribution in [1.29, 1.82) is 0 Å². The number of ketones is 1. The van der Waals surface area contributed by atoms with Crippen LogP contribution in [0.25, 0.3) is 0 Å². The number of esters is 1. The van der Waals surface area contributed by atoms with Crippen molar-refractivity contribution in [3.05, 3.63) is 0 Å². The van der Waals surface area contributed by atoms with Crippen LogP contribution in [0.15, 0.2) is 0 Å². The van der Waals surface area contributed by atoms with Crippen LogP contribution in [0.5, 0.6) is 0 Å². The van der Waals surface area contributed by atoms with Gasteiger partial charge >= 0.3 is 5.97 Å². The van der Waals surface area contributed by atoms with Gasteiger partial charge in [0, 0.05) is 5.41 Å². The fraction of sp³-hybridized carbons (Fsp3) is 0.833. The summed E-state index contributed by atoms with van der Waals surface area (Å²) in [6, 6.07) is 0. The molecule has 0 aromatic rings. The van der Waals surface area contributed by atoms with Crippen LogP contribution < -0.4 is 0 Å². The summed E-state index contributed by atoms with van der Waals surface area (Å²) >= 11 is 0. The second kappa shape index (κ2) is 4.33. The number of Topliss-reactive ketones (excluding diaryl/α,β-unsaturated/α-hetero) is 1. The van der Waals surface area contributed by atoms with Crippen molar-refractivity contribution in [2.75, 3.05) is 6.61 Å². The first kappa shape index (κ1) is 12.2. The third-order valence-corrected chi connectivity index (χ3v) is 3.28. The van der Waals surface area contributed by atoms with Crippen LogP contribution in [0.4, 0.5) is 0 Å². The lowest BCUT2D eigenvalue weighted by Crippen LogP contribution is -2.44. The molecule has 2 atom stereocenters. The third-order valence-electron chi connectivity index (χ3n) is 3.28. The summed E-state index contributed by atoms with van der Waals surface area (Å²) < 4.78 is 4.96. The monoisotopic (exact) mass is 212 g/mol. The van der Waals surface area contributed by atoms with Crippen LogP contribution in [0.3, 0.4) is 0 Å². The maximum Gasteiger partial charge on any atom is 0.316 e. The van der Waals surface area contributed by atoms with E-state index in [1.165, 1.54) is 0 Å². The van der Waals surface area contributed by atoms with Crippen molar-refractivity contribution in [2.45, 2.75) is 40.5 Å². The summed E-state index contributed by atoms with van der Waals surface area (Å²) in [6.45, 7) is 7.88. The highest BCUT2D eigenvalue weighted by Crippen LogP contribution is 2.39. The van der Waals surface area contributed by atoms with Gasteiger partial charge in [-0.2, -0.15) is 0 Å². The maximum absolute atomic E-state index is 12.1. The van der Waals surface area contributed by atoms with Gasteiger partial charge in [0.25, 0.3) is 0 Å². The van der Waals surface area contributed by atoms with Gasteiger partial charge in [-0.1, -0.05) is 20.8 Å². The molecule has 3 nitrogen and oxygen atoms in total. The van der Waals surface area contributed by atoms with Crippen LogP contribution in [-0.4, -0.2) is 18.4 Å². The van der Waals surface area contributed by atoms with Crippen molar-refractivity contribution in [2.24, 2.45) is 17.3 Å². The average molecular weight is 212 g/mol. The molecule has 2 unspecified atom stereocenters. The van der Waals surface area contributed by atoms with E-state index in [1.54, 1.807) is 6.92 Å². The van der Waals surface area contributed by atoms with E-state index in [9.17, 15) is 9.59 Å². The van der Waals surface area contributed by atoms with Gasteiger partial charge in [0.15, 0.2) is 5.78 Å². The lowest BCUT2D eigenvalue weighted by molar-refractivity contribution is -0.158. The Labute approximate surface area is 91.2 Å². The molecule has 0 amide bonds. The zero-order valence-electron chi connectivity index (χ0n) is 10.0. The summed E-state index contributed by atoms with van der Waals surface area (Å²) in [4.78, 5) is 23.7. The van der Waals surface area contributed by atoms with Gasteiger partial charge in [0.05, 0.1) is 6.61 Å². The molecule has 1 rings (SSSR count). The van der Waals surface area contributed by atoms with E-state index in [0.717, 1.165) is 12.8 Å². The molecule has 0 aromatic carbocycles. The minimum Gasteiger partial charge on any atom is -0.465 e. The number of hydrogen-bond donors (Lipinski definition) is 0. The Kier molecular flexibility index (Phi) is 3.53. The Hall–Kier alpha value is -0.860. The summed E-state index contributed by atoms with van der Waals surface area (Å²) in [7, 11) is 0. The van der Waals surface area contributed by atoms with Crippen LogP contribution in [-0.2, 0) is 14.3 Å². The number of hydrogen-bond acceptors (Lipinski definition) is 3. The first-order valence-corrected chi connectivity index (χ1v) is 5.61. The normalized spacial score (nSPS) is 30.0. The van der Waals surface area contributed by atoms with Crippen LogP contribution in [0, 0.1) is 17.3 Å². The van der Waals surface area contributed by atoms with Gasteiger partial charge in [-0.15, -0.1) is 0 Å². The minimum atomic E-state index is -0.548. The molecule has 1 aliphatic rings. The average Bonchev–Trinajstić information content (AvgIpc) is 2.14. The van der Waals surface area contributed by atoms with Crippen molar-refractivity contribution < 1.29 is 14.3 Å². The first-order valence-electron chi connectivity index (χ1n) is 5.61. The van der Waals surface area contributed by atoms with E-state index in [-0.39, 0.29) is 23.1 Å². The summed E-state index contributed by atoms with van der Waals surface area (Å²) in [5, 5.41) is 0. The highest BCUT2D eigenvalue weighted by molar-refractivity contribution is 6.02. The highest BCUT2D eigenvalue weighted by atomic mass is 16.5. The lowest BCUT2D eigenvalue weighted by Gasteiger charge is -2.36. The van der Waals surface area contributed by atoms with Gasteiger partial charge in [-0.25, -0.2) is 0 Å². The highest BCUT2D eigenvalue weighted by Gasteiger charge is 2.45. The van der Waals surface area contributed by atoms with Crippen molar-refractivity contribution >= 4 is 11.8 Å². The zero-order valence-corrected chi connectivity index (χ0v) is 10.0. The Morgan fingerprint density at radius 2 is 2.13 bits per heavy atom. The Morgan fingerprint density at radius 1 is 1.53 bits per heavy atom. The molecule has 0 spiro atoms. The van der Waals surface area contributed by atoms with E-state index < -0.39 is 5.92 Å². The Morgan fingerprint density at radius 3 is 2.67 bits per heavy atom. The molecule has 0 bridgehead atoms. The quantitative estimate of drug-likeness (QED) is 0.520. The standard InChI is InChI=1S/C12H20O3/c1-5-15-11(14)9-8(2)6-7-12(3,4)10(9)13/h8-9H,5-7H2,1-4H3. The molecule has 15 heavy (non-hydrogen) atoms. The van der Waals surface area contributed by atoms with Gasteiger partial charge in [0.2, 0.25) is 0 Å². The van der Waals surface area contributed by atoms with Crippen LogP contribution >= 0.6 is 0 Å². The number of carbonyl (C=O) groups excluding carboxylic acids is 2. The molecule has 1 fully saturated rings. The van der Waals surface area contributed by atoms with Crippen LogP contribution in [0.1, 0.15) is 40.5 Å². The minimum absolute atomic E-state index is 0.0414. The largest absolute Gasteiger partial charge is 0.465 e. The smallest absolute Gasteiger partial charge is 0.316 e. The first-order chi connectivity index (χ1) is 6.90. The molecule has 0 aliphatic heterocycles. The molecule has 0 heterocycles. The lowest BCUT2D eigenvalue weighted by atomic mass is 9.66. The van der Waals surface area contributed by atoms with E-state index >= 15 is 0 Å². The number of carbonyl (C=O) groups is 2. The predicted octanol–water partition coefficient (Wildman–Crippen LogP) is 2.19. The van der Waals surface area contributed by atoms with Crippen molar-refractivity contribution in [3.63, 3.8) is 0 Å². The zero-order chi connectivity index (χ0) is 11.6.